The molecule has 30 heavy (non-hydrogen) atoms. The SMILES string of the molecule is COC(=O)c1ccc(NC(=O)CSc2nnc(CSc3nc(C)cc(C)n3)o2)cc1. The Bertz CT molecular complexity index is 1020. The summed E-state index contributed by atoms with van der Waals surface area (Å²) in [5.74, 6) is 0.314. The van der Waals surface area contributed by atoms with Crippen LogP contribution in [-0.2, 0) is 15.3 Å². The van der Waals surface area contributed by atoms with E-state index < -0.39 is 5.97 Å². The summed E-state index contributed by atoms with van der Waals surface area (Å²) >= 11 is 2.55. The van der Waals surface area contributed by atoms with Crippen molar-refractivity contribution in [2.75, 3.05) is 18.2 Å². The number of ether oxygens (including phenoxy) is 1. The van der Waals surface area contributed by atoms with Crippen LogP contribution in [0, 0.1) is 13.8 Å². The Morgan fingerprint density at radius 2 is 1.77 bits per heavy atom. The second-order valence-electron chi connectivity index (χ2n) is 6.09. The maximum atomic E-state index is 12.1. The molecule has 0 unspecified atom stereocenters. The summed E-state index contributed by atoms with van der Waals surface area (Å²) in [7, 11) is 1.31. The number of benzene rings is 1. The van der Waals surface area contributed by atoms with Gasteiger partial charge in [0.05, 0.1) is 24.2 Å². The lowest BCUT2D eigenvalue weighted by atomic mass is 10.2. The van der Waals surface area contributed by atoms with Crippen molar-refractivity contribution in [1.29, 1.82) is 0 Å². The van der Waals surface area contributed by atoms with Gasteiger partial charge in [0.2, 0.25) is 11.8 Å². The third kappa shape index (κ3) is 6.29. The fraction of sp³-hybridized carbons (Fsp3) is 0.263. The molecular weight excluding hydrogens is 426 g/mol. The summed E-state index contributed by atoms with van der Waals surface area (Å²) < 4.78 is 10.2. The Hall–Kier alpha value is -2.92. The average Bonchev–Trinajstić information content (AvgIpc) is 3.18. The van der Waals surface area contributed by atoms with Crippen LogP contribution in [0.2, 0.25) is 0 Å². The average molecular weight is 446 g/mol. The highest BCUT2D eigenvalue weighted by Gasteiger charge is 2.12. The minimum absolute atomic E-state index is 0.105. The monoisotopic (exact) mass is 445 g/mol. The molecule has 9 nitrogen and oxygen atoms in total. The second kappa shape index (κ2) is 10.2. The summed E-state index contributed by atoms with van der Waals surface area (Å²) in [6.07, 6.45) is 0. The zero-order chi connectivity index (χ0) is 21.5. The summed E-state index contributed by atoms with van der Waals surface area (Å²) in [4.78, 5) is 32.2. The maximum Gasteiger partial charge on any atom is 0.337 e. The number of hydrogen-bond acceptors (Lipinski definition) is 10. The van der Waals surface area contributed by atoms with Gasteiger partial charge in [-0.2, -0.15) is 0 Å². The molecule has 156 valence electrons. The molecule has 0 saturated carbocycles. The first-order valence-corrected chi connectivity index (χ1v) is 10.8. The van der Waals surface area contributed by atoms with Crippen LogP contribution in [0.25, 0.3) is 0 Å². The molecule has 11 heteroatoms. The topological polar surface area (TPSA) is 120 Å². The number of carbonyl (C=O) groups excluding carboxylic acids is 2. The number of carbonyl (C=O) groups is 2. The molecule has 1 aromatic carbocycles. The molecule has 0 bridgehead atoms. The maximum absolute atomic E-state index is 12.1. The van der Waals surface area contributed by atoms with Crippen LogP contribution in [0.5, 0.6) is 0 Å². The van der Waals surface area contributed by atoms with Crippen molar-refractivity contribution in [3.8, 4) is 0 Å². The van der Waals surface area contributed by atoms with Crippen LogP contribution in [-0.4, -0.2) is 44.9 Å². The van der Waals surface area contributed by atoms with Gasteiger partial charge >= 0.3 is 5.97 Å². The van der Waals surface area contributed by atoms with E-state index in [0.29, 0.717) is 33.3 Å². The second-order valence-corrected chi connectivity index (χ2v) is 7.96. The van der Waals surface area contributed by atoms with E-state index in [-0.39, 0.29) is 11.7 Å². The summed E-state index contributed by atoms with van der Waals surface area (Å²) in [6.45, 7) is 3.83. The number of hydrogen-bond donors (Lipinski definition) is 1. The zero-order valence-corrected chi connectivity index (χ0v) is 18.2. The van der Waals surface area contributed by atoms with Crippen molar-refractivity contribution in [2.24, 2.45) is 0 Å². The van der Waals surface area contributed by atoms with Gasteiger partial charge < -0.3 is 14.5 Å². The number of thioether (sulfide) groups is 2. The lowest BCUT2D eigenvalue weighted by Gasteiger charge is -2.05. The van der Waals surface area contributed by atoms with Crippen LogP contribution >= 0.6 is 23.5 Å². The summed E-state index contributed by atoms with van der Waals surface area (Å²) in [5.41, 5.74) is 2.78. The first-order chi connectivity index (χ1) is 14.4. The van der Waals surface area contributed by atoms with Crippen LogP contribution in [0.4, 0.5) is 5.69 Å². The van der Waals surface area contributed by atoms with Crippen molar-refractivity contribution in [3.63, 3.8) is 0 Å². The third-order valence-electron chi connectivity index (χ3n) is 3.65. The van der Waals surface area contributed by atoms with E-state index in [1.165, 1.54) is 18.9 Å². The third-order valence-corrected chi connectivity index (χ3v) is 5.30. The van der Waals surface area contributed by atoms with Gasteiger partial charge in [-0.3, -0.25) is 4.79 Å². The first kappa shape index (κ1) is 21.8. The van der Waals surface area contributed by atoms with Gasteiger partial charge in [0, 0.05) is 17.1 Å². The van der Waals surface area contributed by atoms with Gasteiger partial charge in [0.1, 0.15) is 0 Å². The minimum atomic E-state index is -0.433. The molecule has 0 radical (unpaired) electrons. The highest BCUT2D eigenvalue weighted by Crippen LogP contribution is 2.22. The van der Waals surface area contributed by atoms with Crippen molar-refractivity contribution in [1.82, 2.24) is 20.2 Å². The molecule has 2 heterocycles. The largest absolute Gasteiger partial charge is 0.465 e. The molecule has 0 saturated heterocycles. The molecule has 0 aliphatic carbocycles. The van der Waals surface area contributed by atoms with Gasteiger partial charge in [0.15, 0.2) is 5.16 Å². The Balaban J connectivity index is 1.46. The number of nitrogens with one attached hydrogen (secondary N) is 1. The van der Waals surface area contributed by atoms with Crippen LogP contribution in [0.3, 0.4) is 0 Å². The number of rotatable bonds is 8. The Morgan fingerprint density at radius 1 is 1.07 bits per heavy atom. The molecule has 1 N–H and O–H groups in total. The Kier molecular flexibility index (Phi) is 7.41. The van der Waals surface area contributed by atoms with Gasteiger partial charge in [0.25, 0.3) is 5.22 Å². The van der Waals surface area contributed by atoms with Gasteiger partial charge in [-0.15, -0.1) is 10.2 Å². The minimum Gasteiger partial charge on any atom is -0.465 e. The number of nitrogens with zero attached hydrogens (tertiary/aromatic N) is 4. The summed E-state index contributed by atoms with van der Waals surface area (Å²) in [5, 5.41) is 11.6. The van der Waals surface area contributed by atoms with Gasteiger partial charge in [-0.25, -0.2) is 14.8 Å². The van der Waals surface area contributed by atoms with Crippen LogP contribution in [0.15, 0.2) is 45.1 Å². The zero-order valence-electron chi connectivity index (χ0n) is 16.5. The molecule has 0 aliphatic heterocycles. The van der Waals surface area contributed by atoms with Crippen molar-refractivity contribution in [3.05, 3.63) is 53.2 Å². The predicted molar refractivity (Wildman–Crippen MR) is 113 cm³/mol. The fourth-order valence-corrected chi connectivity index (χ4v) is 3.74. The van der Waals surface area contributed by atoms with Gasteiger partial charge in [-0.1, -0.05) is 23.5 Å². The highest BCUT2D eigenvalue weighted by molar-refractivity contribution is 7.99. The number of aryl methyl sites for hydroxylation is 2. The highest BCUT2D eigenvalue weighted by atomic mass is 32.2. The first-order valence-electron chi connectivity index (χ1n) is 8.81. The Labute approximate surface area is 181 Å². The van der Waals surface area contributed by atoms with Crippen LogP contribution in [0.1, 0.15) is 27.6 Å². The van der Waals surface area contributed by atoms with Crippen molar-refractivity contribution in [2.45, 2.75) is 30.0 Å². The van der Waals surface area contributed by atoms with Gasteiger partial charge in [-0.05, 0) is 44.2 Å². The standard InChI is InChI=1S/C19H19N5O4S2/c1-11-8-12(2)21-18(20-11)29-10-16-23-24-19(28-16)30-9-15(25)22-14-6-4-13(5-7-14)17(26)27-3/h4-8H,9-10H2,1-3H3,(H,22,25). The molecule has 3 rings (SSSR count). The normalized spacial score (nSPS) is 10.6. The van der Waals surface area contributed by atoms with E-state index in [0.717, 1.165) is 23.1 Å². The Morgan fingerprint density at radius 3 is 2.43 bits per heavy atom. The van der Waals surface area contributed by atoms with E-state index in [4.69, 9.17) is 4.42 Å². The quantitative estimate of drug-likeness (QED) is 0.314. The van der Waals surface area contributed by atoms with E-state index >= 15 is 0 Å². The molecule has 1 amide bonds. The number of amides is 1. The number of methoxy groups -OCH3 is 1. The molecule has 0 fully saturated rings. The van der Waals surface area contributed by atoms with E-state index in [1.54, 1.807) is 24.3 Å². The molecule has 0 atom stereocenters. The number of esters is 1. The predicted octanol–water partition coefficient (Wildman–Crippen LogP) is 3.29. The van der Waals surface area contributed by atoms with E-state index in [2.05, 4.69) is 30.2 Å². The van der Waals surface area contributed by atoms with E-state index in [1.807, 2.05) is 19.9 Å². The molecule has 0 spiro atoms. The smallest absolute Gasteiger partial charge is 0.337 e. The fourth-order valence-electron chi connectivity index (χ4n) is 2.37. The summed E-state index contributed by atoms with van der Waals surface area (Å²) in [6, 6.07) is 8.33. The van der Waals surface area contributed by atoms with E-state index in [9.17, 15) is 9.59 Å². The lowest BCUT2D eigenvalue weighted by molar-refractivity contribution is -0.113. The lowest BCUT2D eigenvalue weighted by Crippen LogP contribution is -2.14. The molecule has 2 aromatic heterocycles. The number of anilines is 1. The van der Waals surface area contributed by atoms with Crippen molar-refractivity contribution < 1.29 is 18.7 Å². The van der Waals surface area contributed by atoms with Crippen LogP contribution < -0.4 is 5.32 Å². The molecule has 3 aromatic rings. The molecular formula is C19H19N5O4S2. The number of aromatic nitrogens is 4. The molecule has 0 aliphatic rings. The van der Waals surface area contributed by atoms with Crippen molar-refractivity contribution >= 4 is 41.1 Å².